The summed E-state index contributed by atoms with van der Waals surface area (Å²) in [5.41, 5.74) is -2.99. The van der Waals surface area contributed by atoms with Crippen molar-refractivity contribution in [2.75, 3.05) is 5.32 Å². The van der Waals surface area contributed by atoms with Crippen LogP contribution in [0, 0.1) is 22.1 Å². The molecular weight excluding hydrogens is 285 g/mol. The minimum absolute atomic E-state index is 0.0263. The van der Waals surface area contributed by atoms with E-state index in [0.717, 1.165) is 0 Å². The van der Waals surface area contributed by atoms with Crippen molar-refractivity contribution >= 4 is 23.2 Å². The molecule has 4 nitrogen and oxygen atoms in total. The van der Waals surface area contributed by atoms with E-state index >= 15 is 0 Å². The third-order valence-corrected chi connectivity index (χ3v) is 6.05. The summed E-state index contributed by atoms with van der Waals surface area (Å²) in [6.07, 6.45) is 0.816. The zero-order valence-corrected chi connectivity index (χ0v) is 12.8. The lowest BCUT2D eigenvalue weighted by atomic mass is 9.64. The summed E-state index contributed by atoms with van der Waals surface area (Å²) in [5, 5.41) is 2.51. The first-order valence-corrected chi connectivity index (χ1v) is 7.34. The molecule has 0 aromatic heterocycles. The molecule has 2 unspecified atom stereocenters. The van der Waals surface area contributed by atoms with Crippen molar-refractivity contribution in [3.8, 4) is 0 Å². The second-order valence-electron chi connectivity index (χ2n) is 6.95. The van der Waals surface area contributed by atoms with Crippen LogP contribution < -0.4 is 5.32 Å². The average molecular weight is 303 g/mol. The number of nitrogens with one attached hydrogen (secondary N) is 1. The number of carbonyl (C=O) groups is 3. The van der Waals surface area contributed by atoms with Crippen LogP contribution in [0.15, 0.2) is 24.3 Å². The molecule has 2 atom stereocenters. The molecule has 2 fully saturated rings. The molecule has 0 spiro atoms. The summed E-state index contributed by atoms with van der Waals surface area (Å²) < 4.78 is 13.8. The largest absolute Gasteiger partial charge is 0.323 e. The van der Waals surface area contributed by atoms with Crippen LogP contribution >= 0.6 is 0 Å². The van der Waals surface area contributed by atoms with Gasteiger partial charge in [-0.3, -0.25) is 14.4 Å². The Balaban J connectivity index is 2.04. The van der Waals surface area contributed by atoms with Crippen LogP contribution in [0.3, 0.4) is 0 Å². The lowest BCUT2D eigenvalue weighted by Gasteiger charge is -2.37. The normalized spacial score (nSPS) is 32.4. The number of fused-ring (bicyclic) bond motifs is 2. The molecule has 1 amide bonds. The molecule has 5 heteroatoms. The summed E-state index contributed by atoms with van der Waals surface area (Å²) in [4.78, 5) is 37.7. The SMILES string of the molecule is CC12CCC(C(=O)Nc3ccccc3F)(C(=O)C1=O)C2(C)C. The van der Waals surface area contributed by atoms with Crippen LogP contribution in [0.4, 0.5) is 10.1 Å². The number of benzene rings is 1. The van der Waals surface area contributed by atoms with Crippen molar-refractivity contribution in [3.05, 3.63) is 30.1 Å². The molecule has 116 valence electrons. The highest BCUT2D eigenvalue weighted by atomic mass is 19.1. The van der Waals surface area contributed by atoms with Crippen molar-refractivity contribution in [1.29, 1.82) is 0 Å². The van der Waals surface area contributed by atoms with Gasteiger partial charge in [0.1, 0.15) is 11.2 Å². The highest BCUT2D eigenvalue weighted by Crippen LogP contribution is 2.69. The monoisotopic (exact) mass is 303 g/mol. The second kappa shape index (κ2) is 4.24. The number of ketones is 2. The molecule has 22 heavy (non-hydrogen) atoms. The molecule has 1 N–H and O–H groups in total. The first kappa shape index (κ1) is 14.9. The first-order valence-electron chi connectivity index (χ1n) is 7.34. The van der Waals surface area contributed by atoms with Crippen molar-refractivity contribution < 1.29 is 18.8 Å². The maximum atomic E-state index is 13.8. The lowest BCUT2D eigenvalue weighted by Crippen LogP contribution is -2.47. The molecule has 2 saturated carbocycles. The van der Waals surface area contributed by atoms with Gasteiger partial charge in [0.15, 0.2) is 0 Å². The van der Waals surface area contributed by atoms with E-state index in [0.29, 0.717) is 12.8 Å². The van der Waals surface area contributed by atoms with E-state index < -0.39 is 39.5 Å². The zero-order chi connectivity index (χ0) is 16.3. The minimum Gasteiger partial charge on any atom is -0.323 e. The van der Waals surface area contributed by atoms with E-state index in [9.17, 15) is 18.8 Å². The quantitative estimate of drug-likeness (QED) is 0.675. The first-order chi connectivity index (χ1) is 10.2. The number of rotatable bonds is 2. The molecule has 0 aliphatic heterocycles. The van der Waals surface area contributed by atoms with Gasteiger partial charge < -0.3 is 5.32 Å². The summed E-state index contributed by atoms with van der Waals surface area (Å²) in [6.45, 7) is 5.31. The van der Waals surface area contributed by atoms with Crippen LogP contribution in [0.2, 0.25) is 0 Å². The fraction of sp³-hybridized carbons (Fsp3) is 0.471. The van der Waals surface area contributed by atoms with Crippen LogP contribution in [0.5, 0.6) is 0 Å². The number of para-hydroxylation sites is 1. The van der Waals surface area contributed by atoms with E-state index in [1.54, 1.807) is 26.8 Å². The van der Waals surface area contributed by atoms with Gasteiger partial charge in [0.05, 0.1) is 5.69 Å². The van der Waals surface area contributed by atoms with Gasteiger partial charge in [0.25, 0.3) is 0 Å². The van der Waals surface area contributed by atoms with Crippen molar-refractivity contribution in [3.63, 3.8) is 0 Å². The Bertz CT molecular complexity index is 712. The Kier molecular flexibility index (Phi) is 2.87. The predicted octanol–water partition coefficient (Wildman–Crippen LogP) is 2.73. The van der Waals surface area contributed by atoms with E-state index in [-0.39, 0.29) is 5.69 Å². The standard InChI is InChI=1S/C17H18FNO3/c1-15(2)16(3)8-9-17(15,13(21)12(16)20)14(22)19-11-7-5-4-6-10(11)18/h4-7H,8-9H2,1-3H3,(H,19,22). The Labute approximate surface area is 128 Å². The van der Waals surface area contributed by atoms with Gasteiger partial charge in [-0.2, -0.15) is 0 Å². The maximum Gasteiger partial charge on any atom is 0.239 e. The van der Waals surface area contributed by atoms with Crippen LogP contribution in [-0.4, -0.2) is 17.5 Å². The number of halogens is 1. The van der Waals surface area contributed by atoms with Gasteiger partial charge >= 0.3 is 0 Å². The number of hydrogen-bond acceptors (Lipinski definition) is 3. The smallest absolute Gasteiger partial charge is 0.239 e. The average Bonchev–Trinajstić information content (AvgIpc) is 2.74. The molecule has 0 saturated heterocycles. The fourth-order valence-corrected chi connectivity index (χ4v) is 4.06. The highest BCUT2D eigenvalue weighted by Gasteiger charge is 2.77. The molecule has 0 radical (unpaired) electrons. The maximum absolute atomic E-state index is 13.8. The third kappa shape index (κ3) is 1.44. The van der Waals surface area contributed by atoms with Crippen LogP contribution in [0.1, 0.15) is 33.6 Å². The van der Waals surface area contributed by atoms with Crippen LogP contribution in [0.25, 0.3) is 0 Å². The van der Waals surface area contributed by atoms with Gasteiger partial charge in [0, 0.05) is 5.41 Å². The zero-order valence-electron chi connectivity index (χ0n) is 12.8. The van der Waals surface area contributed by atoms with Crippen molar-refractivity contribution in [1.82, 2.24) is 0 Å². The summed E-state index contributed by atoms with van der Waals surface area (Å²) in [5.74, 6) is -2.27. The highest BCUT2D eigenvalue weighted by molar-refractivity contribution is 6.49. The molecule has 0 heterocycles. The van der Waals surface area contributed by atoms with Crippen LogP contribution in [-0.2, 0) is 14.4 Å². The van der Waals surface area contributed by atoms with Gasteiger partial charge in [-0.25, -0.2) is 4.39 Å². The number of anilines is 1. The van der Waals surface area contributed by atoms with Crippen molar-refractivity contribution in [2.45, 2.75) is 33.6 Å². The molecule has 1 aromatic carbocycles. The summed E-state index contributed by atoms with van der Waals surface area (Å²) in [7, 11) is 0. The molecular formula is C17H18FNO3. The van der Waals surface area contributed by atoms with Gasteiger partial charge in [-0.05, 0) is 30.4 Å². The molecule has 1 aromatic rings. The summed E-state index contributed by atoms with van der Waals surface area (Å²) in [6, 6.07) is 5.79. The molecule has 3 rings (SSSR count). The van der Waals surface area contributed by atoms with Gasteiger partial charge in [-0.1, -0.05) is 32.9 Å². The summed E-state index contributed by atoms with van der Waals surface area (Å²) >= 11 is 0. The number of hydrogen-bond donors (Lipinski definition) is 1. The fourth-order valence-electron chi connectivity index (χ4n) is 4.06. The number of Topliss-reactive ketones (excluding diaryl/α,β-unsaturated/α-hetero) is 2. The topological polar surface area (TPSA) is 63.2 Å². The third-order valence-electron chi connectivity index (χ3n) is 6.05. The van der Waals surface area contributed by atoms with E-state index in [4.69, 9.17) is 0 Å². The Hall–Kier alpha value is -2.04. The predicted molar refractivity (Wildman–Crippen MR) is 78.6 cm³/mol. The Morgan fingerprint density at radius 1 is 1.09 bits per heavy atom. The van der Waals surface area contributed by atoms with E-state index in [1.165, 1.54) is 18.2 Å². The van der Waals surface area contributed by atoms with Gasteiger partial charge in [-0.15, -0.1) is 0 Å². The number of carbonyl (C=O) groups excluding carboxylic acids is 3. The van der Waals surface area contributed by atoms with Gasteiger partial charge in [0.2, 0.25) is 17.5 Å². The minimum atomic E-state index is -1.40. The molecule has 2 aliphatic carbocycles. The number of amides is 1. The second-order valence-corrected chi connectivity index (χ2v) is 6.95. The Morgan fingerprint density at radius 3 is 2.27 bits per heavy atom. The molecule has 2 bridgehead atoms. The van der Waals surface area contributed by atoms with Crippen molar-refractivity contribution in [2.24, 2.45) is 16.2 Å². The van der Waals surface area contributed by atoms with E-state index in [2.05, 4.69) is 5.32 Å². The Morgan fingerprint density at radius 2 is 1.73 bits per heavy atom. The van der Waals surface area contributed by atoms with E-state index in [1.807, 2.05) is 0 Å². The lowest BCUT2D eigenvalue weighted by molar-refractivity contribution is -0.147. The molecule has 2 aliphatic rings.